The molecular formula is C45H53F4N3O6. The molecule has 9 nitrogen and oxygen atoms in total. The molecule has 0 fully saturated rings. The van der Waals surface area contributed by atoms with Crippen molar-refractivity contribution in [2.45, 2.75) is 97.2 Å². The van der Waals surface area contributed by atoms with E-state index in [1.54, 1.807) is 30.3 Å². The second-order valence-electron chi connectivity index (χ2n) is 15.7. The van der Waals surface area contributed by atoms with Gasteiger partial charge in [-0.3, -0.25) is 19.2 Å². The Morgan fingerprint density at radius 2 is 1.62 bits per heavy atom. The zero-order valence-electron chi connectivity index (χ0n) is 33.7. The molecule has 0 aliphatic heterocycles. The van der Waals surface area contributed by atoms with E-state index >= 15 is 0 Å². The van der Waals surface area contributed by atoms with Gasteiger partial charge in [0, 0.05) is 55.1 Å². The van der Waals surface area contributed by atoms with Gasteiger partial charge >= 0.3 is 6.18 Å². The summed E-state index contributed by atoms with van der Waals surface area (Å²) in [6, 6.07) is 14.7. The first kappa shape index (κ1) is 43.9. The number of methoxy groups -OCH3 is 1. The van der Waals surface area contributed by atoms with Gasteiger partial charge in [-0.2, -0.15) is 13.2 Å². The summed E-state index contributed by atoms with van der Waals surface area (Å²) in [6.45, 7) is 7.67. The van der Waals surface area contributed by atoms with Gasteiger partial charge in [-0.05, 0) is 72.1 Å². The Morgan fingerprint density at radius 3 is 2.26 bits per heavy atom. The monoisotopic (exact) mass is 807 g/mol. The predicted molar refractivity (Wildman–Crippen MR) is 213 cm³/mol. The average molecular weight is 808 g/mol. The maximum absolute atomic E-state index is 14.9. The van der Waals surface area contributed by atoms with Crippen LogP contribution < -0.4 is 15.4 Å². The SMILES string of the molecule is CCC(C)[C@H](CC(=O)[C@@]1(NC(=O)[C@@H](CC(=O)Cc2ccccc2F)C(C)CC)CCc2[nH]c3c(C(F)(F)F)cccc3c2C1)C(=O)NCCc1ccc(OC)c(O)c1. The molecule has 1 aliphatic carbocycles. The van der Waals surface area contributed by atoms with Gasteiger partial charge in [0.15, 0.2) is 17.3 Å². The number of H-pyrrole nitrogens is 1. The first-order chi connectivity index (χ1) is 27.5. The van der Waals surface area contributed by atoms with Crippen molar-refractivity contribution >= 4 is 34.3 Å². The fourth-order valence-corrected chi connectivity index (χ4v) is 8.04. The van der Waals surface area contributed by atoms with Crippen LogP contribution >= 0.6 is 0 Å². The standard InChI is InChI=1S/C45H53F4N3O6/c1-6-26(3)32(23-30(53)22-29-11-8-9-14-36(29)46)43(57)52-44(19-17-37-34(25-44)31-12-10-13-35(41(31)51-37)45(47,48)49)40(55)24-33(27(4)7-2)42(56)50-20-18-28-15-16-39(58-5)38(54)21-28/h8-16,21,26-27,32-33,51,54H,6-7,17-20,22-25H2,1-5H3,(H,50,56)(H,52,57)/t26?,27?,32-,33-,44+/m0/s1. The lowest BCUT2D eigenvalue weighted by molar-refractivity contribution is -0.139. The number of amides is 2. The third-order valence-electron chi connectivity index (χ3n) is 12.0. The molecule has 58 heavy (non-hydrogen) atoms. The molecule has 0 bridgehead atoms. The van der Waals surface area contributed by atoms with E-state index in [1.807, 2.05) is 27.7 Å². The topological polar surface area (TPSA) is 138 Å². The van der Waals surface area contributed by atoms with E-state index in [1.165, 1.54) is 31.4 Å². The summed E-state index contributed by atoms with van der Waals surface area (Å²) in [7, 11) is 1.44. The van der Waals surface area contributed by atoms with Crippen LogP contribution in [0, 0.1) is 29.5 Å². The van der Waals surface area contributed by atoms with Gasteiger partial charge in [-0.25, -0.2) is 4.39 Å². The predicted octanol–water partition coefficient (Wildman–Crippen LogP) is 8.23. The number of aromatic nitrogens is 1. The Kier molecular flexibility index (Phi) is 14.1. The number of carbonyl (C=O) groups excluding carboxylic acids is 4. The number of aryl methyl sites for hydroxylation is 1. The zero-order valence-corrected chi connectivity index (χ0v) is 33.7. The summed E-state index contributed by atoms with van der Waals surface area (Å²) in [5.41, 5.74) is -0.591. The summed E-state index contributed by atoms with van der Waals surface area (Å²) in [6.07, 6.45) is -3.80. The zero-order chi connectivity index (χ0) is 42.4. The lowest BCUT2D eigenvalue weighted by Crippen LogP contribution is -2.60. The van der Waals surface area contributed by atoms with Gasteiger partial charge < -0.3 is 25.5 Å². The number of phenolic OH excluding ortho intramolecular Hbond substituents is 1. The number of aromatic hydroxyl groups is 1. The number of rotatable bonds is 18. The molecule has 2 unspecified atom stereocenters. The number of Topliss-reactive ketones (excluding diaryl/α,β-unsaturated/α-hetero) is 2. The van der Waals surface area contributed by atoms with E-state index in [0.29, 0.717) is 36.3 Å². The van der Waals surface area contributed by atoms with E-state index in [-0.39, 0.29) is 90.8 Å². The number of phenols is 1. The van der Waals surface area contributed by atoms with Crippen LogP contribution in [-0.4, -0.2) is 52.7 Å². The summed E-state index contributed by atoms with van der Waals surface area (Å²) in [5.74, 6) is -4.23. The van der Waals surface area contributed by atoms with Gasteiger partial charge in [0.05, 0.1) is 18.2 Å². The third kappa shape index (κ3) is 9.90. The van der Waals surface area contributed by atoms with E-state index < -0.39 is 46.6 Å². The number of hydrogen-bond donors (Lipinski definition) is 4. The second-order valence-corrected chi connectivity index (χ2v) is 15.7. The van der Waals surface area contributed by atoms with Crippen molar-refractivity contribution in [3.05, 3.63) is 94.4 Å². The van der Waals surface area contributed by atoms with Crippen molar-refractivity contribution in [2.75, 3.05) is 13.7 Å². The maximum atomic E-state index is 14.9. The molecule has 4 aromatic rings. The first-order valence-corrected chi connectivity index (χ1v) is 19.9. The molecule has 0 saturated heterocycles. The van der Waals surface area contributed by atoms with Crippen molar-refractivity contribution in [3.63, 3.8) is 0 Å². The van der Waals surface area contributed by atoms with Crippen LogP contribution in [0.2, 0.25) is 0 Å². The Morgan fingerprint density at radius 1 is 0.931 bits per heavy atom. The highest BCUT2D eigenvalue weighted by atomic mass is 19.4. The number of fused-ring (bicyclic) bond motifs is 3. The molecule has 0 radical (unpaired) electrons. The number of benzene rings is 3. The Labute approximate surface area is 336 Å². The smallest absolute Gasteiger partial charge is 0.418 e. The number of alkyl halides is 3. The van der Waals surface area contributed by atoms with Gasteiger partial charge in [0.2, 0.25) is 11.8 Å². The summed E-state index contributed by atoms with van der Waals surface area (Å²) < 4.78 is 62.0. The summed E-state index contributed by atoms with van der Waals surface area (Å²) in [4.78, 5) is 59.6. The van der Waals surface area contributed by atoms with Crippen molar-refractivity contribution in [3.8, 4) is 11.5 Å². The van der Waals surface area contributed by atoms with E-state index in [9.17, 15) is 41.8 Å². The number of ether oxygens (including phenoxy) is 1. The van der Waals surface area contributed by atoms with Crippen LogP contribution in [0.5, 0.6) is 11.5 Å². The number of carbonyl (C=O) groups is 4. The van der Waals surface area contributed by atoms with E-state index in [2.05, 4.69) is 15.6 Å². The minimum absolute atomic E-state index is 0.0350. The maximum Gasteiger partial charge on any atom is 0.418 e. The lowest BCUT2D eigenvalue weighted by Gasteiger charge is -2.39. The second kappa shape index (κ2) is 18.6. The normalized spacial score (nSPS) is 17.5. The summed E-state index contributed by atoms with van der Waals surface area (Å²) in [5, 5.41) is 16.4. The molecule has 1 aromatic heterocycles. The van der Waals surface area contributed by atoms with E-state index in [0.717, 1.165) is 11.6 Å². The van der Waals surface area contributed by atoms with Crippen LogP contribution in [0.1, 0.15) is 87.7 Å². The molecule has 0 spiro atoms. The molecule has 13 heteroatoms. The number of aromatic amines is 1. The van der Waals surface area contributed by atoms with Crippen LogP contribution in [0.4, 0.5) is 17.6 Å². The van der Waals surface area contributed by atoms with Gasteiger partial charge in [0.1, 0.15) is 17.1 Å². The van der Waals surface area contributed by atoms with Crippen LogP contribution in [-0.2, 0) is 51.0 Å². The highest BCUT2D eigenvalue weighted by Crippen LogP contribution is 2.41. The number of hydrogen-bond acceptors (Lipinski definition) is 6. The molecule has 0 saturated carbocycles. The highest BCUT2D eigenvalue weighted by molar-refractivity contribution is 5.99. The van der Waals surface area contributed by atoms with Crippen LogP contribution in [0.25, 0.3) is 10.9 Å². The van der Waals surface area contributed by atoms with Crippen molar-refractivity contribution < 1.29 is 46.6 Å². The van der Waals surface area contributed by atoms with Crippen molar-refractivity contribution in [1.82, 2.24) is 15.6 Å². The molecule has 1 heterocycles. The minimum Gasteiger partial charge on any atom is -0.504 e. The Balaban J connectivity index is 1.45. The molecule has 3 aromatic carbocycles. The number of nitrogens with one attached hydrogen (secondary N) is 3. The van der Waals surface area contributed by atoms with Crippen molar-refractivity contribution in [1.29, 1.82) is 0 Å². The van der Waals surface area contributed by atoms with Gasteiger partial charge in [0.25, 0.3) is 0 Å². The molecule has 2 amide bonds. The molecule has 312 valence electrons. The number of halogens is 4. The fraction of sp³-hybridized carbons (Fsp3) is 0.467. The fourth-order valence-electron chi connectivity index (χ4n) is 8.04. The highest BCUT2D eigenvalue weighted by Gasteiger charge is 2.47. The quantitative estimate of drug-likeness (QED) is 0.0748. The number of para-hydroxylation sites is 1. The molecular weight excluding hydrogens is 755 g/mol. The molecule has 4 N–H and O–H groups in total. The van der Waals surface area contributed by atoms with Gasteiger partial charge in [-0.1, -0.05) is 76.9 Å². The first-order valence-electron chi connectivity index (χ1n) is 19.9. The minimum atomic E-state index is -4.64. The summed E-state index contributed by atoms with van der Waals surface area (Å²) >= 11 is 0. The molecule has 1 aliphatic rings. The van der Waals surface area contributed by atoms with Crippen LogP contribution in [0.3, 0.4) is 0 Å². The van der Waals surface area contributed by atoms with Gasteiger partial charge in [-0.15, -0.1) is 0 Å². The Bertz CT molecular complexity index is 2130. The van der Waals surface area contributed by atoms with Crippen molar-refractivity contribution in [2.24, 2.45) is 23.7 Å². The molecule has 5 rings (SSSR count). The molecule has 5 atom stereocenters. The van der Waals surface area contributed by atoms with E-state index in [4.69, 9.17) is 4.74 Å². The Hall–Kier alpha value is -5.20. The lowest BCUT2D eigenvalue weighted by atomic mass is 9.72. The van der Waals surface area contributed by atoms with Crippen LogP contribution in [0.15, 0.2) is 60.7 Å². The average Bonchev–Trinajstić information content (AvgIpc) is 3.56. The number of ketones is 2. The third-order valence-corrected chi connectivity index (χ3v) is 12.0. The largest absolute Gasteiger partial charge is 0.504 e.